The molecule has 7 rings (SSSR count). The van der Waals surface area contributed by atoms with Crippen molar-refractivity contribution in [3.8, 4) is 11.5 Å². The lowest BCUT2D eigenvalue weighted by Gasteiger charge is -2.38. The standard InChI is InChI=1S/C31H29N3O5/c1-33-12-4-5-18-15-23-26(17-24(18)33)39-31(37)28-27(20-6-2-3-7-21(20)30(35)36)22-9-8-19(16-25(22)38-29(23)28)34-13-10-32-11-14-34/h2-3,6-9,15-17,27-28,32H,4-5,10-14H2,1H3/p+1. The summed E-state index contributed by atoms with van der Waals surface area (Å²) in [6, 6.07) is 17.0. The van der Waals surface area contributed by atoms with Crippen molar-refractivity contribution < 1.29 is 24.2 Å². The fourth-order valence-corrected chi connectivity index (χ4v) is 6.52. The number of carbonyl (C=O) groups excluding carboxylic acids is 1. The van der Waals surface area contributed by atoms with Crippen molar-refractivity contribution in [2.24, 2.45) is 5.92 Å². The van der Waals surface area contributed by atoms with Gasteiger partial charge in [-0.25, -0.2) is 9.37 Å². The number of carboxylic acids is 1. The molecule has 0 saturated carbocycles. The van der Waals surface area contributed by atoms with Crippen molar-refractivity contribution in [2.75, 3.05) is 44.7 Å². The number of hydrogen-bond acceptors (Lipinski definition) is 6. The number of aromatic carboxylic acids is 1. The van der Waals surface area contributed by atoms with Crippen LogP contribution in [0.1, 0.15) is 39.4 Å². The first kappa shape index (κ1) is 23.9. The predicted octanol–water partition coefficient (Wildman–Crippen LogP) is 1.73. The Morgan fingerprint density at radius 3 is 2.64 bits per heavy atom. The molecule has 8 heteroatoms. The molecule has 3 aromatic rings. The van der Waals surface area contributed by atoms with Crippen molar-refractivity contribution in [3.63, 3.8) is 0 Å². The van der Waals surface area contributed by atoms with Crippen LogP contribution in [0.5, 0.6) is 11.5 Å². The quantitative estimate of drug-likeness (QED) is 0.306. The lowest BCUT2D eigenvalue weighted by Crippen LogP contribution is -2.44. The molecule has 2 N–H and O–H groups in total. The highest BCUT2D eigenvalue weighted by molar-refractivity contribution is 5.93. The van der Waals surface area contributed by atoms with Gasteiger partial charge in [0.05, 0.1) is 16.8 Å². The second-order valence-corrected chi connectivity index (χ2v) is 10.7. The van der Waals surface area contributed by atoms with E-state index in [9.17, 15) is 14.7 Å². The molecule has 0 radical (unpaired) electrons. The van der Waals surface area contributed by atoms with Crippen LogP contribution in [-0.4, -0.2) is 56.8 Å². The van der Waals surface area contributed by atoms with Gasteiger partial charge in [0.2, 0.25) is 5.36 Å². The number of nitrogens with one attached hydrogen (secondary N) is 1. The van der Waals surface area contributed by atoms with Gasteiger partial charge in [-0.05, 0) is 30.2 Å². The third kappa shape index (κ3) is 3.89. The van der Waals surface area contributed by atoms with Gasteiger partial charge in [0.1, 0.15) is 36.8 Å². The number of carboxylic acid groups (broad SMARTS) is 1. The SMILES string of the molecule is C[N+]1=c2cc3c(cc2CCC1)=C1Oc2cc(N4CCNCC4)ccc2C(c2ccccc2C(=O)O)C1C(=O)O3. The van der Waals surface area contributed by atoms with E-state index in [-0.39, 0.29) is 5.56 Å². The van der Waals surface area contributed by atoms with Gasteiger partial charge in [-0.1, -0.05) is 24.3 Å². The molecule has 3 aromatic carbocycles. The van der Waals surface area contributed by atoms with E-state index in [1.807, 2.05) is 30.3 Å². The lowest BCUT2D eigenvalue weighted by atomic mass is 9.75. The molecule has 39 heavy (non-hydrogen) atoms. The first-order valence-corrected chi connectivity index (χ1v) is 13.6. The van der Waals surface area contributed by atoms with Crippen LogP contribution in [0.15, 0.2) is 54.6 Å². The molecule has 0 spiro atoms. The Morgan fingerprint density at radius 2 is 1.82 bits per heavy atom. The summed E-state index contributed by atoms with van der Waals surface area (Å²) in [6.45, 7) is 4.54. The molecular weight excluding hydrogens is 494 g/mol. The number of benzene rings is 3. The van der Waals surface area contributed by atoms with Crippen LogP contribution in [-0.2, 0) is 11.2 Å². The summed E-state index contributed by atoms with van der Waals surface area (Å²) in [5.41, 5.74) is 3.77. The van der Waals surface area contributed by atoms with Gasteiger partial charge in [-0.3, -0.25) is 4.79 Å². The normalized spacial score (nSPS) is 21.7. The fraction of sp³-hybridized carbons (Fsp3) is 0.323. The Hall–Kier alpha value is -4.17. The van der Waals surface area contributed by atoms with Crippen molar-refractivity contribution in [2.45, 2.75) is 18.8 Å². The minimum absolute atomic E-state index is 0.173. The fourth-order valence-electron chi connectivity index (χ4n) is 6.52. The summed E-state index contributed by atoms with van der Waals surface area (Å²) in [5, 5.41) is 15.3. The zero-order chi connectivity index (χ0) is 26.7. The Balaban J connectivity index is 1.49. The number of nitrogens with zero attached hydrogens (tertiary/aromatic N) is 2. The van der Waals surface area contributed by atoms with E-state index in [1.165, 1.54) is 5.56 Å². The number of hydrogen-bond donors (Lipinski definition) is 2. The van der Waals surface area contributed by atoms with Gasteiger partial charge in [0.15, 0.2) is 0 Å². The first-order valence-electron chi connectivity index (χ1n) is 13.6. The van der Waals surface area contributed by atoms with Gasteiger partial charge in [-0.15, -0.1) is 0 Å². The van der Waals surface area contributed by atoms with Crippen molar-refractivity contribution in [1.82, 2.24) is 9.89 Å². The molecule has 2 unspecified atom stereocenters. The number of anilines is 1. The van der Waals surface area contributed by atoms with Crippen LogP contribution in [0.25, 0.3) is 5.76 Å². The Labute approximate surface area is 225 Å². The van der Waals surface area contributed by atoms with E-state index < -0.39 is 23.8 Å². The molecule has 4 heterocycles. The summed E-state index contributed by atoms with van der Waals surface area (Å²) in [6.07, 6.45) is 1.99. The van der Waals surface area contributed by atoms with E-state index in [2.05, 4.69) is 27.9 Å². The number of aryl methyl sites for hydroxylation is 1. The highest BCUT2D eigenvalue weighted by atomic mass is 16.5. The number of esters is 1. The molecule has 8 nitrogen and oxygen atoms in total. The minimum atomic E-state index is -1.03. The van der Waals surface area contributed by atoms with Gasteiger partial charge in [0, 0.05) is 61.4 Å². The number of ether oxygens (including phenoxy) is 2. The van der Waals surface area contributed by atoms with E-state index in [4.69, 9.17) is 9.47 Å². The zero-order valence-corrected chi connectivity index (χ0v) is 21.8. The van der Waals surface area contributed by atoms with Crippen LogP contribution in [0.4, 0.5) is 5.69 Å². The van der Waals surface area contributed by atoms with Crippen LogP contribution >= 0.6 is 0 Å². The van der Waals surface area contributed by atoms with Crippen LogP contribution in [0.2, 0.25) is 0 Å². The van der Waals surface area contributed by atoms with Crippen LogP contribution < -0.4 is 34.8 Å². The average Bonchev–Trinajstić information content (AvgIpc) is 2.96. The summed E-state index contributed by atoms with van der Waals surface area (Å²) >= 11 is 0. The third-order valence-corrected chi connectivity index (χ3v) is 8.44. The summed E-state index contributed by atoms with van der Waals surface area (Å²) in [7, 11) is 2.05. The summed E-state index contributed by atoms with van der Waals surface area (Å²) in [4.78, 5) is 28.3. The topological polar surface area (TPSA) is 91.1 Å². The van der Waals surface area contributed by atoms with Gasteiger partial charge >= 0.3 is 11.9 Å². The maximum absolute atomic E-state index is 13.7. The van der Waals surface area contributed by atoms with Gasteiger partial charge in [0.25, 0.3) is 0 Å². The number of piperazine rings is 1. The number of carbonyl (C=O) groups is 2. The third-order valence-electron chi connectivity index (χ3n) is 8.44. The molecular formula is C31H30N3O5+. The van der Waals surface area contributed by atoms with E-state index in [1.54, 1.807) is 18.2 Å². The second kappa shape index (κ2) is 9.24. The summed E-state index contributed by atoms with van der Waals surface area (Å²) in [5.74, 6) is -1.14. The van der Waals surface area contributed by atoms with Crippen LogP contribution in [0.3, 0.4) is 0 Å². The molecule has 0 aromatic heterocycles. The molecule has 1 fully saturated rings. The highest BCUT2D eigenvalue weighted by Gasteiger charge is 2.46. The smallest absolute Gasteiger partial charge is 0.335 e. The molecule has 1 saturated heterocycles. The largest absolute Gasteiger partial charge is 0.478 e. The second-order valence-electron chi connectivity index (χ2n) is 10.7. The Bertz CT molecular complexity index is 1660. The first-order chi connectivity index (χ1) is 19.0. The number of rotatable bonds is 3. The zero-order valence-electron chi connectivity index (χ0n) is 21.8. The number of fused-ring (bicyclic) bond motifs is 4. The lowest BCUT2D eigenvalue weighted by molar-refractivity contribution is -0.138. The maximum atomic E-state index is 13.7. The monoisotopic (exact) mass is 524 g/mol. The Kier molecular flexibility index (Phi) is 5.66. The molecule has 0 bridgehead atoms. The van der Waals surface area contributed by atoms with E-state index >= 15 is 0 Å². The van der Waals surface area contributed by atoms with E-state index in [0.717, 1.165) is 67.4 Å². The van der Waals surface area contributed by atoms with Crippen molar-refractivity contribution >= 4 is 23.4 Å². The van der Waals surface area contributed by atoms with E-state index in [0.29, 0.717) is 22.8 Å². The van der Waals surface area contributed by atoms with Gasteiger partial charge < -0.3 is 24.8 Å². The minimum Gasteiger partial charge on any atom is -0.478 e. The van der Waals surface area contributed by atoms with Crippen LogP contribution in [0, 0.1) is 5.92 Å². The maximum Gasteiger partial charge on any atom is 0.335 e. The molecule has 0 aliphatic carbocycles. The Morgan fingerprint density at radius 1 is 1.00 bits per heavy atom. The van der Waals surface area contributed by atoms with Gasteiger partial charge in [-0.2, -0.15) is 0 Å². The molecule has 4 aliphatic heterocycles. The van der Waals surface area contributed by atoms with Crippen molar-refractivity contribution in [1.29, 1.82) is 0 Å². The molecule has 2 atom stereocenters. The molecule has 198 valence electrons. The average molecular weight is 525 g/mol. The molecule has 0 amide bonds. The predicted molar refractivity (Wildman–Crippen MR) is 146 cm³/mol. The highest BCUT2D eigenvalue weighted by Crippen LogP contribution is 2.49. The van der Waals surface area contributed by atoms with Crippen molar-refractivity contribution in [3.05, 3.63) is 87.4 Å². The molecule has 4 aliphatic rings. The summed E-state index contributed by atoms with van der Waals surface area (Å²) < 4.78 is 14.8.